The van der Waals surface area contributed by atoms with E-state index < -0.39 is 0 Å². The summed E-state index contributed by atoms with van der Waals surface area (Å²) in [6, 6.07) is -0.206. The van der Waals surface area contributed by atoms with Crippen molar-refractivity contribution in [2.45, 2.75) is 64.5 Å². The minimum Gasteiger partial charge on any atom is -0.339 e. The van der Waals surface area contributed by atoms with Crippen molar-refractivity contribution in [1.82, 2.24) is 9.80 Å². The van der Waals surface area contributed by atoms with E-state index in [4.69, 9.17) is 5.73 Å². The van der Waals surface area contributed by atoms with Gasteiger partial charge in [-0.2, -0.15) is 0 Å². The van der Waals surface area contributed by atoms with Crippen molar-refractivity contribution in [1.29, 1.82) is 0 Å². The van der Waals surface area contributed by atoms with Crippen LogP contribution in [0.1, 0.15) is 52.4 Å². The zero-order chi connectivity index (χ0) is 15.4. The molecule has 2 aliphatic rings. The summed E-state index contributed by atoms with van der Waals surface area (Å²) in [5.41, 5.74) is 6.00. The lowest BCUT2D eigenvalue weighted by Crippen LogP contribution is -2.56. The zero-order valence-electron chi connectivity index (χ0n) is 13.4. The summed E-state index contributed by atoms with van der Waals surface area (Å²) in [6.07, 6.45) is 5.24. The van der Waals surface area contributed by atoms with Crippen molar-refractivity contribution < 1.29 is 9.59 Å². The highest BCUT2D eigenvalue weighted by Crippen LogP contribution is 2.22. The minimum absolute atomic E-state index is 0.0828. The second-order valence-electron chi connectivity index (χ2n) is 6.88. The summed E-state index contributed by atoms with van der Waals surface area (Å²) in [5.74, 6) is 0.641. The topological polar surface area (TPSA) is 66.6 Å². The maximum Gasteiger partial charge on any atom is 0.245 e. The van der Waals surface area contributed by atoms with Crippen LogP contribution in [0, 0.1) is 5.92 Å². The lowest BCUT2D eigenvalue weighted by Gasteiger charge is -2.39. The lowest BCUT2D eigenvalue weighted by atomic mass is 9.97. The van der Waals surface area contributed by atoms with Crippen molar-refractivity contribution in [3.8, 4) is 0 Å². The molecule has 5 heteroatoms. The number of rotatable bonds is 4. The van der Waals surface area contributed by atoms with Crippen LogP contribution < -0.4 is 5.73 Å². The van der Waals surface area contributed by atoms with Crippen LogP contribution in [0.25, 0.3) is 0 Å². The number of hydrogen-bond acceptors (Lipinski definition) is 3. The molecule has 120 valence electrons. The molecule has 2 aliphatic heterocycles. The summed E-state index contributed by atoms with van der Waals surface area (Å²) in [5, 5.41) is 0. The molecule has 2 N–H and O–H groups in total. The van der Waals surface area contributed by atoms with Crippen molar-refractivity contribution in [2.75, 3.05) is 19.6 Å². The van der Waals surface area contributed by atoms with Crippen molar-refractivity contribution in [3.63, 3.8) is 0 Å². The van der Waals surface area contributed by atoms with Gasteiger partial charge in [-0.1, -0.05) is 13.8 Å². The predicted octanol–water partition coefficient (Wildman–Crippen LogP) is 1.36. The van der Waals surface area contributed by atoms with Gasteiger partial charge in [0.15, 0.2) is 0 Å². The molecule has 2 atom stereocenters. The molecule has 0 saturated carbocycles. The first kappa shape index (κ1) is 16.3. The quantitative estimate of drug-likeness (QED) is 0.851. The third kappa shape index (κ3) is 4.19. The van der Waals surface area contributed by atoms with E-state index >= 15 is 0 Å². The Morgan fingerprint density at radius 3 is 2.67 bits per heavy atom. The van der Waals surface area contributed by atoms with Gasteiger partial charge in [0.05, 0.1) is 0 Å². The van der Waals surface area contributed by atoms with Crippen LogP contribution in [0.5, 0.6) is 0 Å². The number of nitrogens with two attached hydrogens (primary N) is 1. The summed E-state index contributed by atoms with van der Waals surface area (Å²) in [6.45, 7) is 6.35. The molecule has 2 heterocycles. The Morgan fingerprint density at radius 2 is 2.05 bits per heavy atom. The van der Waals surface area contributed by atoms with Crippen LogP contribution in [-0.2, 0) is 9.59 Å². The highest BCUT2D eigenvalue weighted by atomic mass is 16.2. The molecule has 21 heavy (non-hydrogen) atoms. The molecule has 0 bridgehead atoms. The van der Waals surface area contributed by atoms with Gasteiger partial charge < -0.3 is 15.5 Å². The molecule has 0 aliphatic carbocycles. The van der Waals surface area contributed by atoms with Gasteiger partial charge in [0.2, 0.25) is 11.8 Å². The first-order valence-electron chi connectivity index (χ1n) is 8.33. The Labute approximate surface area is 127 Å². The van der Waals surface area contributed by atoms with E-state index in [1.54, 1.807) is 0 Å². The monoisotopic (exact) mass is 295 g/mol. The van der Waals surface area contributed by atoms with E-state index in [9.17, 15) is 9.59 Å². The molecular weight excluding hydrogens is 266 g/mol. The van der Waals surface area contributed by atoms with Crippen LogP contribution in [0.2, 0.25) is 0 Å². The highest BCUT2D eigenvalue weighted by Gasteiger charge is 2.35. The van der Waals surface area contributed by atoms with Crippen LogP contribution in [0.4, 0.5) is 0 Å². The number of nitrogens with zero attached hydrogens (tertiary/aromatic N) is 2. The van der Waals surface area contributed by atoms with Gasteiger partial charge in [-0.25, -0.2) is 0 Å². The van der Waals surface area contributed by atoms with Crippen molar-refractivity contribution in [3.05, 3.63) is 0 Å². The van der Waals surface area contributed by atoms with E-state index in [2.05, 4.69) is 13.8 Å². The number of hydrogen-bond donors (Lipinski definition) is 1. The smallest absolute Gasteiger partial charge is 0.245 e. The number of piperidine rings is 2. The van der Waals surface area contributed by atoms with Crippen molar-refractivity contribution >= 4 is 11.8 Å². The fourth-order valence-electron chi connectivity index (χ4n) is 3.39. The molecule has 0 aromatic rings. The highest BCUT2D eigenvalue weighted by molar-refractivity contribution is 5.88. The Bertz CT molecular complexity index is 384. The minimum atomic E-state index is -0.289. The van der Waals surface area contributed by atoms with Crippen LogP contribution in [-0.4, -0.2) is 53.3 Å². The van der Waals surface area contributed by atoms with E-state index in [0.717, 1.165) is 45.2 Å². The lowest BCUT2D eigenvalue weighted by molar-refractivity contribution is -0.148. The number of likely N-dealkylation sites (tertiary alicyclic amines) is 2. The average molecular weight is 295 g/mol. The molecule has 2 rings (SSSR count). The summed E-state index contributed by atoms with van der Waals surface area (Å²) in [7, 11) is 0. The SMILES string of the molecule is CC(C)CC(C(=O)N1CCCC(N)C1)N1CCCCC1=O. The van der Waals surface area contributed by atoms with Gasteiger partial charge in [0.25, 0.3) is 0 Å². The first-order chi connectivity index (χ1) is 9.99. The third-order valence-corrected chi connectivity index (χ3v) is 4.49. The van der Waals surface area contributed by atoms with E-state index in [1.165, 1.54) is 0 Å². The Hall–Kier alpha value is -1.10. The van der Waals surface area contributed by atoms with Crippen molar-refractivity contribution in [2.24, 2.45) is 11.7 Å². The average Bonchev–Trinajstić information content (AvgIpc) is 2.45. The second kappa shape index (κ2) is 7.25. The molecular formula is C16H29N3O2. The van der Waals surface area contributed by atoms with E-state index in [-0.39, 0.29) is 23.9 Å². The Balaban J connectivity index is 2.10. The van der Waals surface area contributed by atoms with Crippen LogP contribution in [0.15, 0.2) is 0 Å². The molecule has 2 unspecified atom stereocenters. The normalized spacial score (nSPS) is 25.3. The molecule has 0 aromatic heterocycles. The molecule has 0 radical (unpaired) electrons. The van der Waals surface area contributed by atoms with Gasteiger partial charge in [0.1, 0.15) is 6.04 Å². The maximum absolute atomic E-state index is 12.9. The largest absolute Gasteiger partial charge is 0.339 e. The summed E-state index contributed by atoms with van der Waals surface area (Å²) < 4.78 is 0. The van der Waals surface area contributed by atoms with Gasteiger partial charge in [-0.15, -0.1) is 0 Å². The number of amides is 2. The van der Waals surface area contributed by atoms with Gasteiger partial charge in [-0.05, 0) is 38.0 Å². The third-order valence-electron chi connectivity index (χ3n) is 4.49. The molecule has 5 nitrogen and oxygen atoms in total. The van der Waals surface area contributed by atoms with E-state index in [1.807, 2.05) is 9.80 Å². The molecule has 2 fully saturated rings. The molecule has 2 amide bonds. The standard InChI is InChI=1S/C16H29N3O2/c1-12(2)10-14(19-9-4-3-7-15(19)20)16(21)18-8-5-6-13(17)11-18/h12-14H,3-11,17H2,1-2H3. The molecule has 0 aromatic carbocycles. The molecule has 2 saturated heterocycles. The van der Waals surface area contributed by atoms with Gasteiger partial charge in [-0.3, -0.25) is 9.59 Å². The fraction of sp³-hybridized carbons (Fsp3) is 0.875. The number of carbonyl (C=O) groups excluding carboxylic acids is 2. The fourth-order valence-corrected chi connectivity index (χ4v) is 3.39. The molecule has 0 spiro atoms. The van der Waals surface area contributed by atoms with Gasteiger partial charge >= 0.3 is 0 Å². The Morgan fingerprint density at radius 1 is 1.29 bits per heavy atom. The Kier molecular flexibility index (Phi) is 5.62. The number of carbonyl (C=O) groups is 2. The van der Waals surface area contributed by atoms with E-state index in [0.29, 0.717) is 18.9 Å². The summed E-state index contributed by atoms with van der Waals surface area (Å²) >= 11 is 0. The maximum atomic E-state index is 12.9. The summed E-state index contributed by atoms with van der Waals surface area (Å²) in [4.78, 5) is 28.8. The zero-order valence-corrected chi connectivity index (χ0v) is 13.4. The predicted molar refractivity (Wildman–Crippen MR) is 82.6 cm³/mol. The van der Waals surface area contributed by atoms with Crippen LogP contribution >= 0.6 is 0 Å². The first-order valence-corrected chi connectivity index (χ1v) is 8.33. The van der Waals surface area contributed by atoms with Crippen LogP contribution in [0.3, 0.4) is 0 Å². The second-order valence-corrected chi connectivity index (χ2v) is 6.88. The van der Waals surface area contributed by atoms with Gasteiger partial charge in [0, 0.05) is 32.1 Å².